The number of amides is 2. The number of benzene rings is 1. The summed E-state index contributed by atoms with van der Waals surface area (Å²) in [5, 5.41) is 5.79. The summed E-state index contributed by atoms with van der Waals surface area (Å²) in [6, 6.07) is 12.2. The zero-order valence-corrected chi connectivity index (χ0v) is 14.7. The largest absolute Gasteiger partial charge is 0.355 e. The topological polar surface area (TPSA) is 71.1 Å². The Bertz CT molecular complexity index is 821. The van der Waals surface area contributed by atoms with Crippen molar-refractivity contribution in [1.82, 2.24) is 15.6 Å². The van der Waals surface area contributed by atoms with E-state index < -0.39 is 0 Å². The van der Waals surface area contributed by atoms with Crippen molar-refractivity contribution < 1.29 is 9.59 Å². The number of hydrogen-bond donors (Lipinski definition) is 2. The molecule has 4 rings (SSSR count). The summed E-state index contributed by atoms with van der Waals surface area (Å²) in [5.41, 5.74) is 3.76. The van der Waals surface area contributed by atoms with Gasteiger partial charge in [0.15, 0.2) is 0 Å². The van der Waals surface area contributed by atoms with Crippen LogP contribution < -0.4 is 10.6 Å². The van der Waals surface area contributed by atoms with Gasteiger partial charge in [-0.2, -0.15) is 0 Å². The molecule has 1 spiro atoms. The molecule has 0 aliphatic heterocycles. The van der Waals surface area contributed by atoms with E-state index in [0.717, 1.165) is 24.8 Å². The average Bonchev–Trinajstić information content (AvgIpc) is 3.30. The van der Waals surface area contributed by atoms with E-state index in [1.54, 1.807) is 12.4 Å². The van der Waals surface area contributed by atoms with Gasteiger partial charge in [-0.25, -0.2) is 0 Å². The summed E-state index contributed by atoms with van der Waals surface area (Å²) < 4.78 is 0. The first-order chi connectivity index (χ1) is 12.7. The first-order valence-electron chi connectivity index (χ1n) is 9.21. The van der Waals surface area contributed by atoms with Gasteiger partial charge in [-0.15, -0.1) is 0 Å². The third kappa shape index (κ3) is 3.21. The molecule has 5 nitrogen and oxygen atoms in total. The van der Waals surface area contributed by atoms with Crippen molar-refractivity contribution in [3.63, 3.8) is 0 Å². The van der Waals surface area contributed by atoms with Gasteiger partial charge in [0.1, 0.15) is 0 Å². The molecular formula is C21H23N3O2. The zero-order valence-electron chi connectivity index (χ0n) is 14.7. The average molecular weight is 349 g/mol. The number of fused-ring (bicyclic) bond motifs is 2. The highest BCUT2D eigenvalue weighted by molar-refractivity contribution is 5.85. The second-order valence-electron chi connectivity index (χ2n) is 7.25. The number of rotatable bonds is 6. The van der Waals surface area contributed by atoms with E-state index in [4.69, 9.17) is 0 Å². The Labute approximate surface area is 153 Å². The minimum atomic E-state index is -0.0640. The maximum absolute atomic E-state index is 12.5. The predicted octanol–water partition coefficient (Wildman–Crippen LogP) is 2.11. The maximum Gasteiger partial charge on any atom is 0.224 e. The number of carbonyl (C=O) groups is 2. The normalized spacial score (nSPS) is 22.7. The Balaban J connectivity index is 1.22. The number of pyridine rings is 1. The van der Waals surface area contributed by atoms with E-state index in [1.165, 1.54) is 11.1 Å². The first kappa shape index (κ1) is 16.8. The number of hydrogen-bond acceptors (Lipinski definition) is 3. The fourth-order valence-corrected chi connectivity index (χ4v) is 4.15. The number of aromatic nitrogens is 1. The smallest absolute Gasteiger partial charge is 0.224 e. The molecule has 2 N–H and O–H groups in total. The highest BCUT2D eigenvalue weighted by Crippen LogP contribution is 2.61. The SMILES string of the molecule is O=C(CCNC(=O)[C@@H]1C[C@]12CCc1ccccc12)NCc1cccnc1. The van der Waals surface area contributed by atoms with E-state index in [0.29, 0.717) is 19.5 Å². The zero-order chi connectivity index (χ0) is 18.0. The van der Waals surface area contributed by atoms with E-state index in [1.807, 2.05) is 12.1 Å². The lowest BCUT2D eigenvalue weighted by atomic mass is 9.95. The molecule has 0 bridgehead atoms. The molecule has 1 aromatic heterocycles. The summed E-state index contributed by atoms with van der Waals surface area (Å²) in [4.78, 5) is 28.4. The minimum absolute atomic E-state index is 0.0588. The molecule has 2 aromatic rings. The third-order valence-corrected chi connectivity index (χ3v) is 5.65. The van der Waals surface area contributed by atoms with Crippen LogP contribution in [0.5, 0.6) is 0 Å². The van der Waals surface area contributed by atoms with Gasteiger partial charge in [-0.05, 0) is 42.0 Å². The van der Waals surface area contributed by atoms with Crippen LogP contribution >= 0.6 is 0 Å². The quantitative estimate of drug-likeness (QED) is 0.839. The molecule has 5 heteroatoms. The van der Waals surface area contributed by atoms with Gasteiger partial charge in [0.05, 0.1) is 0 Å². The summed E-state index contributed by atoms with van der Waals surface area (Å²) in [7, 11) is 0. The Hall–Kier alpha value is -2.69. The molecule has 2 aliphatic rings. The summed E-state index contributed by atoms with van der Waals surface area (Å²) in [6.07, 6.45) is 6.79. The molecule has 1 heterocycles. The van der Waals surface area contributed by atoms with Crippen molar-refractivity contribution in [2.24, 2.45) is 5.92 Å². The van der Waals surface area contributed by atoms with Crippen LogP contribution in [0.25, 0.3) is 0 Å². The van der Waals surface area contributed by atoms with Crippen LogP contribution in [-0.2, 0) is 28.0 Å². The van der Waals surface area contributed by atoms with Crippen molar-refractivity contribution in [2.75, 3.05) is 6.54 Å². The van der Waals surface area contributed by atoms with Gasteiger partial charge in [-0.1, -0.05) is 30.3 Å². The molecule has 2 amide bonds. The Morgan fingerprint density at radius 3 is 2.88 bits per heavy atom. The van der Waals surface area contributed by atoms with Crippen LogP contribution in [0.15, 0.2) is 48.8 Å². The van der Waals surface area contributed by atoms with E-state index in [2.05, 4.69) is 39.9 Å². The van der Waals surface area contributed by atoms with E-state index in [-0.39, 0.29) is 23.1 Å². The lowest BCUT2D eigenvalue weighted by Gasteiger charge is -2.12. The number of nitrogens with one attached hydrogen (secondary N) is 2. The molecule has 0 radical (unpaired) electrons. The molecule has 1 fully saturated rings. The van der Waals surface area contributed by atoms with Crippen molar-refractivity contribution in [3.05, 3.63) is 65.5 Å². The highest BCUT2D eigenvalue weighted by Gasteiger charge is 2.61. The third-order valence-electron chi connectivity index (χ3n) is 5.65. The van der Waals surface area contributed by atoms with Gasteiger partial charge in [-0.3, -0.25) is 14.6 Å². The molecule has 26 heavy (non-hydrogen) atoms. The van der Waals surface area contributed by atoms with Gasteiger partial charge < -0.3 is 10.6 Å². The molecule has 2 atom stereocenters. The minimum Gasteiger partial charge on any atom is -0.355 e. The predicted molar refractivity (Wildman–Crippen MR) is 98.3 cm³/mol. The Kier molecular flexibility index (Phi) is 4.45. The Morgan fingerprint density at radius 2 is 2.04 bits per heavy atom. The van der Waals surface area contributed by atoms with Gasteiger partial charge in [0, 0.05) is 43.2 Å². The van der Waals surface area contributed by atoms with Crippen LogP contribution in [0.3, 0.4) is 0 Å². The molecule has 0 saturated heterocycles. The van der Waals surface area contributed by atoms with Crippen molar-refractivity contribution >= 4 is 11.8 Å². The van der Waals surface area contributed by atoms with Crippen LogP contribution in [0.1, 0.15) is 36.0 Å². The van der Waals surface area contributed by atoms with Crippen molar-refractivity contribution in [1.29, 1.82) is 0 Å². The lowest BCUT2D eigenvalue weighted by Crippen LogP contribution is -2.32. The standard InChI is InChI=1S/C21H23N3O2/c25-19(24-14-15-4-3-10-22-13-15)8-11-23-20(26)18-12-21(18)9-7-16-5-1-2-6-17(16)21/h1-6,10,13,18H,7-9,11-12,14H2,(H,23,26)(H,24,25)/t18-,21-/m0/s1. The molecular weight excluding hydrogens is 326 g/mol. The fourth-order valence-electron chi connectivity index (χ4n) is 4.15. The maximum atomic E-state index is 12.5. The number of nitrogens with zero attached hydrogens (tertiary/aromatic N) is 1. The van der Waals surface area contributed by atoms with Gasteiger partial charge in [0.2, 0.25) is 11.8 Å². The van der Waals surface area contributed by atoms with Crippen LogP contribution in [0, 0.1) is 5.92 Å². The monoisotopic (exact) mass is 349 g/mol. The van der Waals surface area contributed by atoms with Crippen molar-refractivity contribution in [2.45, 2.75) is 37.6 Å². The summed E-state index contributed by atoms with van der Waals surface area (Å²) in [5.74, 6) is 0.0808. The van der Waals surface area contributed by atoms with E-state index >= 15 is 0 Å². The lowest BCUT2D eigenvalue weighted by molar-refractivity contribution is -0.123. The van der Waals surface area contributed by atoms with E-state index in [9.17, 15) is 9.59 Å². The summed E-state index contributed by atoms with van der Waals surface area (Å²) in [6.45, 7) is 0.842. The summed E-state index contributed by atoms with van der Waals surface area (Å²) >= 11 is 0. The van der Waals surface area contributed by atoms with Crippen LogP contribution in [0.4, 0.5) is 0 Å². The van der Waals surface area contributed by atoms with Gasteiger partial charge >= 0.3 is 0 Å². The molecule has 1 aromatic carbocycles. The highest BCUT2D eigenvalue weighted by atomic mass is 16.2. The molecule has 0 unspecified atom stereocenters. The van der Waals surface area contributed by atoms with Crippen LogP contribution in [-0.4, -0.2) is 23.3 Å². The molecule has 2 aliphatic carbocycles. The second kappa shape index (κ2) is 6.90. The molecule has 1 saturated carbocycles. The van der Waals surface area contributed by atoms with Crippen LogP contribution in [0.2, 0.25) is 0 Å². The number of aryl methyl sites for hydroxylation is 1. The first-order valence-corrected chi connectivity index (χ1v) is 9.21. The number of carbonyl (C=O) groups excluding carboxylic acids is 2. The molecule has 134 valence electrons. The Morgan fingerprint density at radius 1 is 1.15 bits per heavy atom. The second-order valence-corrected chi connectivity index (χ2v) is 7.25. The van der Waals surface area contributed by atoms with Crippen molar-refractivity contribution in [3.8, 4) is 0 Å². The fraction of sp³-hybridized carbons (Fsp3) is 0.381. The van der Waals surface area contributed by atoms with Gasteiger partial charge in [0.25, 0.3) is 0 Å².